The number of rotatable bonds is 4. The fourth-order valence-electron chi connectivity index (χ4n) is 1.70. The predicted octanol–water partition coefficient (Wildman–Crippen LogP) is 4.00. The molecule has 2 aromatic rings. The van der Waals surface area contributed by atoms with Crippen molar-refractivity contribution in [3.63, 3.8) is 0 Å². The molecule has 1 aromatic heterocycles. The molecule has 1 heterocycles. The predicted molar refractivity (Wildman–Crippen MR) is 72.4 cm³/mol. The second-order valence-corrected chi connectivity index (χ2v) is 4.89. The summed E-state index contributed by atoms with van der Waals surface area (Å²) in [5.74, 6) is 0. The summed E-state index contributed by atoms with van der Waals surface area (Å²) in [6, 6.07) is 5.87. The van der Waals surface area contributed by atoms with Gasteiger partial charge in [0.1, 0.15) is 0 Å². The summed E-state index contributed by atoms with van der Waals surface area (Å²) in [6.45, 7) is 0.581. The van der Waals surface area contributed by atoms with Gasteiger partial charge in [-0.15, -0.1) is 0 Å². The number of alkyl halides is 3. The van der Waals surface area contributed by atoms with E-state index in [9.17, 15) is 13.2 Å². The number of nitrogens with two attached hydrogens (primary N) is 1. The fourth-order valence-corrected chi connectivity index (χ4v) is 2.40. The number of nitrogen functional groups attached to an aromatic ring is 1. The molecule has 0 unspecified atom stereocenters. The molecule has 0 radical (unpaired) electrons. The minimum Gasteiger partial charge on any atom is -0.398 e. The van der Waals surface area contributed by atoms with Gasteiger partial charge < -0.3 is 11.1 Å². The normalized spacial score (nSPS) is 11.5. The average Bonchev–Trinajstić information content (AvgIpc) is 2.83. The second-order valence-electron chi connectivity index (χ2n) is 4.11. The molecule has 102 valence electrons. The van der Waals surface area contributed by atoms with Crippen LogP contribution in [-0.4, -0.2) is 6.54 Å². The summed E-state index contributed by atoms with van der Waals surface area (Å²) >= 11 is 1.60. The summed E-state index contributed by atoms with van der Waals surface area (Å²) in [4.78, 5) is 0. The van der Waals surface area contributed by atoms with Crippen LogP contribution in [0.2, 0.25) is 0 Å². The highest BCUT2D eigenvalue weighted by molar-refractivity contribution is 7.07. The van der Waals surface area contributed by atoms with Gasteiger partial charge in [0.05, 0.1) is 5.56 Å². The van der Waals surface area contributed by atoms with Crippen molar-refractivity contribution >= 4 is 22.7 Å². The third-order valence-electron chi connectivity index (χ3n) is 2.68. The van der Waals surface area contributed by atoms with Gasteiger partial charge in [-0.1, -0.05) is 0 Å². The van der Waals surface area contributed by atoms with E-state index in [2.05, 4.69) is 5.32 Å². The van der Waals surface area contributed by atoms with Crippen LogP contribution in [0, 0.1) is 0 Å². The lowest BCUT2D eigenvalue weighted by Gasteiger charge is -2.12. The van der Waals surface area contributed by atoms with Gasteiger partial charge in [0.25, 0.3) is 0 Å². The van der Waals surface area contributed by atoms with Gasteiger partial charge in [-0.3, -0.25) is 0 Å². The van der Waals surface area contributed by atoms with E-state index in [1.807, 2.05) is 16.8 Å². The Kier molecular flexibility index (Phi) is 3.99. The molecule has 0 atom stereocenters. The highest BCUT2D eigenvalue weighted by Gasteiger charge is 2.33. The first-order valence-corrected chi connectivity index (χ1v) is 6.63. The molecule has 1 aromatic carbocycles. The Hall–Kier alpha value is -1.69. The molecule has 0 aliphatic rings. The molecule has 0 spiro atoms. The third-order valence-corrected chi connectivity index (χ3v) is 3.41. The van der Waals surface area contributed by atoms with E-state index < -0.39 is 11.7 Å². The van der Waals surface area contributed by atoms with E-state index in [0.717, 1.165) is 12.5 Å². The van der Waals surface area contributed by atoms with Crippen LogP contribution in [0.5, 0.6) is 0 Å². The number of halogens is 3. The number of hydrogen-bond donors (Lipinski definition) is 2. The Morgan fingerprint density at radius 2 is 2.00 bits per heavy atom. The maximum Gasteiger partial charge on any atom is 0.418 e. The zero-order chi connectivity index (χ0) is 13.9. The number of thiophene rings is 1. The van der Waals surface area contributed by atoms with Crippen molar-refractivity contribution in [2.24, 2.45) is 0 Å². The fraction of sp³-hybridized carbons (Fsp3) is 0.231. The van der Waals surface area contributed by atoms with Crippen molar-refractivity contribution in [1.29, 1.82) is 0 Å². The van der Waals surface area contributed by atoms with Gasteiger partial charge in [-0.05, 0) is 47.0 Å². The Morgan fingerprint density at radius 1 is 1.21 bits per heavy atom. The Balaban J connectivity index is 2.01. The smallest absolute Gasteiger partial charge is 0.398 e. The Labute approximate surface area is 113 Å². The first-order chi connectivity index (χ1) is 8.97. The molecule has 2 nitrogen and oxygen atoms in total. The zero-order valence-electron chi connectivity index (χ0n) is 10.00. The molecule has 0 saturated carbocycles. The van der Waals surface area contributed by atoms with Crippen LogP contribution in [0.3, 0.4) is 0 Å². The van der Waals surface area contributed by atoms with Crippen LogP contribution in [0.1, 0.15) is 11.1 Å². The van der Waals surface area contributed by atoms with Gasteiger partial charge in [0.15, 0.2) is 0 Å². The third kappa shape index (κ3) is 3.64. The Morgan fingerprint density at radius 3 is 2.63 bits per heavy atom. The van der Waals surface area contributed by atoms with Gasteiger partial charge in [-0.25, -0.2) is 0 Å². The van der Waals surface area contributed by atoms with Crippen LogP contribution >= 0.6 is 11.3 Å². The minimum atomic E-state index is -4.42. The van der Waals surface area contributed by atoms with Gasteiger partial charge in [-0.2, -0.15) is 24.5 Å². The first-order valence-electron chi connectivity index (χ1n) is 5.68. The van der Waals surface area contributed by atoms with Crippen molar-refractivity contribution in [1.82, 2.24) is 0 Å². The molecule has 6 heteroatoms. The summed E-state index contributed by atoms with van der Waals surface area (Å²) < 4.78 is 38.0. The van der Waals surface area contributed by atoms with Crippen LogP contribution in [-0.2, 0) is 12.6 Å². The summed E-state index contributed by atoms with van der Waals surface area (Å²) in [5.41, 5.74) is 5.88. The van der Waals surface area contributed by atoms with Crippen LogP contribution < -0.4 is 11.1 Å². The molecule has 0 fully saturated rings. The van der Waals surface area contributed by atoms with E-state index in [4.69, 9.17) is 5.73 Å². The molecule has 3 N–H and O–H groups in total. The average molecular weight is 286 g/mol. The lowest BCUT2D eigenvalue weighted by atomic mass is 10.1. The molecule has 19 heavy (non-hydrogen) atoms. The SMILES string of the molecule is Nc1ccc(NCCc2ccsc2)cc1C(F)(F)F. The van der Waals surface area contributed by atoms with E-state index in [0.29, 0.717) is 12.2 Å². The molecule has 0 aliphatic heterocycles. The molecular weight excluding hydrogens is 273 g/mol. The largest absolute Gasteiger partial charge is 0.418 e. The second kappa shape index (κ2) is 5.52. The van der Waals surface area contributed by atoms with E-state index in [1.165, 1.54) is 11.6 Å². The topological polar surface area (TPSA) is 38.0 Å². The van der Waals surface area contributed by atoms with Gasteiger partial charge in [0, 0.05) is 17.9 Å². The zero-order valence-corrected chi connectivity index (χ0v) is 10.8. The molecule has 0 aliphatic carbocycles. The standard InChI is InChI=1S/C13H13F3N2S/c14-13(15,16)11-7-10(1-2-12(11)17)18-5-3-9-4-6-19-8-9/h1-2,4,6-8,18H,3,5,17H2. The monoisotopic (exact) mass is 286 g/mol. The van der Waals surface area contributed by atoms with E-state index in [1.54, 1.807) is 17.4 Å². The summed E-state index contributed by atoms with van der Waals surface area (Å²) in [5, 5.41) is 6.96. The van der Waals surface area contributed by atoms with Crippen LogP contribution in [0.25, 0.3) is 0 Å². The minimum absolute atomic E-state index is 0.254. The van der Waals surface area contributed by atoms with Gasteiger partial charge in [0.2, 0.25) is 0 Å². The maximum absolute atomic E-state index is 12.7. The molecule has 0 amide bonds. The summed E-state index contributed by atoms with van der Waals surface area (Å²) in [6.07, 6.45) is -3.65. The van der Waals surface area contributed by atoms with Crippen molar-refractivity contribution in [3.05, 3.63) is 46.2 Å². The van der Waals surface area contributed by atoms with Crippen molar-refractivity contribution in [3.8, 4) is 0 Å². The van der Waals surface area contributed by atoms with Crippen molar-refractivity contribution in [2.45, 2.75) is 12.6 Å². The van der Waals surface area contributed by atoms with Crippen LogP contribution in [0.4, 0.5) is 24.5 Å². The van der Waals surface area contributed by atoms with E-state index >= 15 is 0 Å². The molecule has 0 saturated heterocycles. The maximum atomic E-state index is 12.7. The van der Waals surface area contributed by atoms with E-state index in [-0.39, 0.29) is 5.69 Å². The molecular formula is C13H13F3N2S. The Bertz CT molecular complexity index is 535. The number of benzene rings is 1. The lowest BCUT2D eigenvalue weighted by Crippen LogP contribution is -2.11. The lowest BCUT2D eigenvalue weighted by molar-refractivity contribution is -0.136. The first kappa shape index (κ1) is 13.7. The highest BCUT2D eigenvalue weighted by Crippen LogP contribution is 2.35. The van der Waals surface area contributed by atoms with Gasteiger partial charge >= 0.3 is 6.18 Å². The molecule has 2 rings (SSSR count). The summed E-state index contributed by atoms with van der Waals surface area (Å²) in [7, 11) is 0. The number of hydrogen-bond acceptors (Lipinski definition) is 3. The van der Waals surface area contributed by atoms with Crippen LogP contribution in [0.15, 0.2) is 35.0 Å². The highest BCUT2D eigenvalue weighted by atomic mass is 32.1. The number of anilines is 2. The quantitative estimate of drug-likeness (QED) is 0.834. The van der Waals surface area contributed by atoms with Crippen molar-refractivity contribution < 1.29 is 13.2 Å². The molecule has 0 bridgehead atoms. The number of nitrogens with one attached hydrogen (secondary N) is 1. The van der Waals surface area contributed by atoms with Crippen molar-refractivity contribution in [2.75, 3.05) is 17.6 Å².